The lowest BCUT2D eigenvalue weighted by molar-refractivity contribution is 0.108. The molecule has 1 aliphatic rings. The van der Waals surface area contributed by atoms with Crippen molar-refractivity contribution in [2.24, 2.45) is 7.05 Å². The Labute approximate surface area is 175 Å². The van der Waals surface area contributed by atoms with Gasteiger partial charge in [0.25, 0.3) is 0 Å². The molecule has 1 aliphatic carbocycles. The number of nitrogens with one attached hydrogen (secondary N) is 1. The van der Waals surface area contributed by atoms with Gasteiger partial charge in [-0.25, -0.2) is 14.5 Å². The standard InChI is InChI=1S/C22H25N7O/c1-14-18(15-5-4-8-23-12-15)13-29-19(14)20(25-16-6-7-17(11-16)30-3)26-21(27-29)22-24-9-10-28(22)2/h4-5,8-10,12-13,16-17H,6-7,11H2,1-3H3,(H,25,26,27)/t16-,17+/m1/s1. The summed E-state index contributed by atoms with van der Waals surface area (Å²) in [6.07, 6.45) is 12.8. The predicted octanol–water partition coefficient (Wildman–Crippen LogP) is 3.48. The second kappa shape index (κ2) is 7.53. The highest BCUT2D eigenvalue weighted by Gasteiger charge is 2.26. The lowest BCUT2D eigenvalue weighted by atomic mass is 10.1. The Morgan fingerprint density at radius 1 is 1.23 bits per heavy atom. The normalized spacial score (nSPS) is 18.9. The molecule has 4 aromatic heterocycles. The second-order valence-electron chi connectivity index (χ2n) is 7.86. The van der Waals surface area contributed by atoms with Crippen molar-refractivity contribution in [3.8, 4) is 22.8 Å². The fraction of sp³-hybridized carbons (Fsp3) is 0.364. The Hall–Kier alpha value is -3.26. The Kier molecular flexibility index (Phi) is 4.71. The summed E-state index contributed by atoms with van der Waals surface area (Å²) in [6, 6.07) is 4.33. The summed E-state index contributed by atoms with van der Waals surface area (Å²) in [4.78, 5) is 13.6. The van der Waals surface area contributed by atoms with Crippen LogP contribution in [0.4, 0.5) is 5.82 Å². The molecule has 1 saturated carbocycles. The third-order valence-electron chi connectivity index (χ3n) is 5.94. The summed E-state index contributed by atoms with van der Waals surface area (Å²) in [5.41, 5.74) is 4.26. The van der Waals surface area contributed by atoms with Gasteiger partial charge >= 0.3 is 0 Å². The molecular formula is C22H25N7O. The Morgan fingerprint density at radius 3 is 2.83 bits per heavy atom. The van der Waals surface area contributed by atoms with E-state index in [0.29, 0.717) is 18.0 Å². The molecule has 154 valence electrons. The van der Waals surface area contributed by atoms with E-state index >= 15 is 0 Å². The number of aryl methyl sites for hydroxylation is 2. The minimum atomic E-state index is 0.299. The fourth-order valence-electron chi connectivity index (χ4n) is 4.30. The van der Waals surface area contributed by atoms with E-state index in [1.807, 2.05) is 40.8 Å². The average molecular weight is 403 g/mol. The van der Waals surface area contributed by atoms with E-state index < -0.39 is 0 Å². The maximum Gasteiger partial charge on any atom is 0.218 e. The van der Waals surface area contributed by atoms with Gasteiger partial charge < -0.3 is 14.6 Å². The molecule has 4 heterocycles. The van der Waals surface area contributed by atoms with Crippen LogP contribution in [0.15, 0.2) is 43.1 Å². The van der Waals surface area contributed by atoms with Gasteiger partial charge in [-0.3, -0.25) is 4.98 Å². The minimum Gasteiger partial charge on any atom is -0.381 e. The molecular weight excluding hydrogens is 378 g/mol. The summed E-state index contributed by atoms with van der Waals surface area (Å²) < 4.78 is 9.40. The topological polar surface area (TPSA) is 82.2 Å². The van der Waals surface area contributed by atoms with Crippen molar-refractivity contribution < 1.29 is 4.74 Å². The zero-order valence-corrected chi connectivity index (χ0v) is 17.4. The molecule has 0 aliphatic heterocycles. The number of fused-ring (bicyclic) bond motifs is 1. The highest BCUT2D eigenvalue weighted by molar-refractivity contribution is 5.83. The van der Waals surface area contributed by atoms with E-state index in [0.717, 1.165) is 53.1 Å². The van der Waals surface area contributed by atoms with E-state index in [9.17, 15) is 0 Å². The van der Waals surface area contributed by atoms with E-state index in [4.69, 9.17) is 14.8 Å². The summed E-state index contributed by atoms with van der Waals surface area (Å²) >= 11 is 0. The molecule has 1 fully saturated rings. The Bertz CT molecular complexity index is 1180. The van der Waals surface area contributed by atoms with Crippen LogP contribution >= 0.6 is 0 Å². The van der Waals surface area contributed by atoms with Crippen LogP contribution in [0.2, 0.25) is 0 Å². The number of anilines is 1. The SMILES string of the molecule is CO[C@H]1CC[C@@H](Nc2nc(-c3nccn3C)nn3cc(-c4cccnc4)c(C)c23)C1. The lowest BCUT2D eigenvalue weighted by Gasteiger charge is -2.16. The zero-order chi connectivity index (χ0) is 20.7. The number of pyridine rings is 1. The van der Waals surface area contributed by atoms with Crippen LogP contribution in [0.5, 0.6) is 0 Å². The lowest BCUT2D eigenvalue weighted by Crippen LogP contribution is -2.19. The van der Waals surface area contributed by atoms with E-state index in [1.165, 1.54) is 0 Å². The Morgan fingerprint density at radius 2 is 2.13 bits per heavy atom. The van der Waals surface area contributed by atoms with Crippen LogP contribution in [0.25, 0.3) is 28.3 Å². The van der Waals surface area contributed by atoms with Crippen LogP contribution < -0.4 is 5.32 Å². The first-order chi connectivity index (χ1) is 14.6. The number of imidazole rings is 1. The van der Waals surface area contributed by atoms with Gasteiger partial charge in [0, 0.05) is 62.3 Å². The van der Waals surface area contributed by atoms with E-state index in [-0.39, 0.29) is 0 Å². The molecule has 0 saturated heterocycles. The highest BCUT2D eigenvalue weighted by Crippen LogP contribution is 2.33. The maximum atomic E-state index is 5.55. The van der Waals surface area contributed by atoms with Crippen molar-refractivity contribution in [2.75, 3.05) is 12.4 Å². The molecule has 30 heavy (non-hydrogen) atoms. The smallest absolute Gasteiger partial charge is 0.218 e. The number of aromatic nitrogens is 6. The first-order valence-corrected chi connectivity index (χ1v) is 10.2. The highest BCUT2D eigenvalue weighted by atomic mass is 16.5. The monoisotopic (exact) mass is 403 g/mol. The first-order valence-electron chi connectivity index (χ1n) is 10.2. The number of hydrogen-bond donors (Lipinski definition) is 1. The van der Waals surface area contributed by atoms with Gasteiger partial charge in [-0.05, 0) is 37.8 Å². The molecule has 8 nitrogen and oxygen atoms in total. The molecule has 0 unspecified atom stereocenters. The minimum absolute atomic E-state index is 0.299. The maximum absolute atomic E-state index is 5.55. The van der Waals surface area contributed by atoms with Crippen molar-refractivity contribution in [2.45, 2.75) is 38.3 Å². The van der Waals surface area contributed by atoms with Crippen molar-refractivity contribution in [3.63, 3.8) is 0 Å². The number of ether oxygens (including phenoxy) is 1. The van der Waals surface area contributed by atoms with Crippen molar-refractivity contribution >= 4 is 11.3 Å². The summed E-state index contributed by atoms with van der Waals surface area (Å²) in [7, 11) is 3.73. The van der Waals surface area contributed by atoms with Gasteiger partial charge in [0.05, 0.1) is 6.10 Å². The van der Waals surface area contributed by atoms with Gasteiger partial charge in [0.15, 0.2) is 11.6 Å². The van der Waals surface area contributed by atoms with Crippen LogP contribution in [-0.2, 0) is 11.8 Å². The number of methoxy groups -OCH3 is 1. The van der Waals surface area contributed by atoms with Crippen LogP contribution in [0.1, 0.15) is 24.8 Å². The average Bonchev–Trinajstić information content (AvgIpc) is 3.47. The van der Waals surface area contributed by atoms with Gasteiger partial charge in [0.1, 0.15) is 5.52 Å². The molecule has 0 aromatic carbocycles. The number of rotatable bonds is 5. The van der Waals surface area contributed by atoms with Crippen molar-refractivity contribution in [1.29, 1.82) is 0 Å². The van der Waals surface area contributed by atoms with Gasteiger partial charge in [-0.1, -0.05) is 6.07 Å². The van der Waals surface area contributed by atoms with Crippen LogP contribution in [-0.4, -0.2) is 48.4 Å². The molecule has 0 amide bonds. The molecule has 5 rings (SSSR count). The van der Waals surface area contributed by atoms with Crippen LogP contribution in [0, 0.1) is 6.92 Å². The van der Waals surface area contributed by atoms with Gasteiger partial charge in [0.2, 0.25) is 5.82 Å². The zero-order valence-electron chi connectivity index (χ0n) is 17.4. The van der Waals surface area contributed by atoms with Crippen molar-refractivity contribution in [3.05, 3.63) is 48.7 Å². The Balaban J connectivity index is 1.65. The third-order valence-corrected chi connectivity index (χ3v) is 5.94. The molecule has 2 atom stereocenters. The van der Waals surface area contributed by atoms with Crippen molar-refractivity contribution in [1.82, 2.24) is 29.1 Å². The van der Waals surface area contributed by atoms with E-state index in [1.54, 1.807) is 19.5 Å². The molecule has 8 heteroatoms. The van der Waals surface area contributed by atoms with E-state index in [2.05, 4.69) is 28.3 Å². The largest absolute Gasteiger partial charge is 0.381 e. The first kappa shape index (κ1) is 18.7. The number of hydrogen-bond acceptors (Lipinski definition) is 6. The van der Waals surface area contributed by atoms with Crippen LogP contribution in [0.3, 0.4) is 0 Å². The van der Waals surface area contributed by atoms with Gasteiger partial charge in [-0.15, -0.1) is 5.10 Å². The van der Waals surface area contributed by atoms with Gasteiger partial charge in [-0.2, -0.15) is 0 Å². The third kappa shape index (κ3) is 3.23. The molecule has 0 radical (unpaired) electrons. The molecule has 0 bridgehead atoms. The second-order valence-corrected chi connectivity index (χ2v) is 7.86. The molecule has 4 aromatic rings. The number of nitrogens with zero attached hydrogens (tertiary/aromatic N) is 6. The summed E-state index contributed by atoms with van der Waals surface area (Å²) in [5.74, 6) is 2.15. The molecule has 0 spiro atoms. The summed E-state index contributed by atoms with van der Waals surface area (Å²) in [5, 5.41) is 8.46. The quantitative estimate of drug-likeness (QED) is 0.549. The fourth-order valence-corrected chi connectivity index (χ4v) is 4.30. The summed E-state index contributed by atoms with van der Waals surface area (Å²) in [6.45, 7) is 2.11. The predicted molar refractivity (Wildman–Crippen MR) is 115 cm³/mol. The molecule has 1 N–H and O–H groups in total.